The van der Waals surface area contributed by atoms with Crippen molar-refractivity contribution in [3.63, 3.8) is 0 Å². The van der Waals surface area contributed by atoms with E-state index < -0.39 is 0 Å². The van der Waals surface area contributed by atoms with Gasteiger partial charge in [-0.05, 0) is 26.1 Å². The van der Waals surface area contributed by atoms with E-state index in [0.717, 1.165) is 0 Å². The normalized spacial score (nSPS) is 10.7. The largest absolute Gasteiger partial charge is 0.378 e. The zero-order valence-electron chi connectivity index (χ0n) is 6.46. The second kappa shape index (κ2) is 4.19. The molecule has 52 valence electrons. The number of rotatable bonds is 3. The van der Waals surface area contributed by atoms with E-state index in [-0.39, 0.29) is 0 Å². The van der Waals surface area contributed by atoms with Gasteiger partial charge in [-0.3, -0.25) is 0 Å². The van der Waals surface area contributed by atoms with Crippen LogP contribution < -0.4 is 0 Å². The maximum atomic E-state index is 3.58. The Balaban J connectivity index is 3.61. The van der Waals surface area contributed by atoms with Gasteiger partial charge in [0.15, 0.2) is 0 Å². The zero-order valence-corrected chi connectivity index (χ0v) is 6.46. The summed E-state index contributed by atoms with van der Waals surface area (Å²) < 4.78 is 0. The molecule has 0 saturated carbocycles. The van der Waals surface area contributed by atoms with Gasteiger partial charge in [0.2, 0.25) is 0 Å². The van der Waals surface area contributed by atoms with Crippen LogP contribution >= 0.6 is 0 Å². The Labute approximate surface area is 57.7 Å². The Morgan fingerprint density at radius 1 is 1.44 bits per heavy atom. The van der Waals surface area contributed by atoms with E-state index in [0.29, 0.717) is 6.04 Å². The quantitative estimate of drug-likeness (QED) is 0.522. The van der Waals surface area contributed by atoms with Crippen molar-refractivity contribution >= 4 is 0 Å². The molecule has 0 heterocycles. The number of allylic oxidation sites excluding steroid dienone is 2. The highest BCUT2D eigenvalue weighted by Crippen LogP contribution is 1.92. The molecule has 0 amide bonds. The highest BCUT2D eigenvalue weighted by atomic mass is 15.1. The third-order valence-electron chi connectivity index (χ3n) is 1.27. The van der Waals surface area contributed by atoms with Crippen molar-refractivity contribution in [3.8, 4) is 0 Å². The van der Waals surface area contributed by atoms with E-state index in [1.165, 1.54) is 0 Å². The first-order valence-electron chi connectivity index (χ1n) is 3.19. The monoisotopic (exact) mass is 125 g/mol. The van der Waals surface area contributed by atoms with Crippen LogP contribution in [0.5, 0.6) is 0 Å². The van der Waals surface area contributed by atoms with Crippen molar-refractivity contribution in [2.45, 2.75) is 19.9 Å². The third-order valence-corrected chi connectivity index (χ3v) is 1.27. The van der Waals surface area contributed by atoms with Crippen LogP contribution in [-0.2, 0) is 0 Å². The molecule has 0 bridgehead atoms. The summed E-state index contributed by atoms with van der Waals surface area (Å²) in [5.74, 6) is 0. The predicted octanol–water partition coefficient (Wildman–Crippen LogP) is 2.03. The van der Waals surface area contributed by atoms with Gasteiger partial charge in [0.05, 0.1) is 0 Å². The molecule has 1 heteroatoms. The minimum Gasteiger partial charge on any atom is -0.378 e. The minimum atomic E-state index is 0.571. The van der Waals surface area contributed by atoms with Crippen LogP contribution in [0.2, 0.25) is 0 Å². The fraction of sp³-hybridized carbons (Fsp3) is 0.500. The molecule has 0 rings (SSSR count). The van der Waals surface area contributed by atoms with E-state index in [4.69, 9.17) is 0 Å². The molecule has 0 aromatic carbocycles. The maximum Gasteiger partial charge on any atom is 0.0224 e. The van der Waals surface area contributed by atoms with Crippen molar-refractivity contribution in [2.24, 2.45) is 0 Å². The van der Waals surface area contributed by atoms with Crippen LogP contribution in [0.4, 0.5) is 0 Å². The Morgan fingerprint density at radius 2 is 2.00 bits per heavy atom. The molecule has 0 unspecified atom stereocenters. The fourth-order valence-electron chi connectivity index (χ4n) is 0.369. The van der Waals surface area contributed by atoms with Gasteiger partial charge in [0.1, 0.15) is 0 Å². The zero-order chi connectivity index (χ0) is 7.28. The van der Waals surface area contributed by atoms with E-state index in [1.807, 2.05) is 19.3 Å². The van der Waals surface area contributed by atoms with Crippen molar-refractivity contribution < 1.29 is 0 Å². The van der Waals surface area contributed by atoms with Gasteiger partial charge in [-0.15, -0.1) is 0 Å². The number of nitrogens with zero attached hydrogens (tertiary/aromatic N) is 1. The Bertz CT molecular complexity index is 103. The van der Waals surface area contributed by atoms with E-state index in [9.17, 15) is 0 Å². The molecular formula is C8H15N. The maximum absolute atomic E-state index is 3.58. The SMILES string of the molecule is C=C/C=C\N(C)C(C)C. The molecule has 0 radical (unpaired) electrons. The average molecular weight is 125 g/mol. The van der Waals surface area contributed by atoms with Crippen LogP contribution in [-0.4, -0.2) is 18.0 Å². The van der Waals surface area contributed by atoms with Crippen LogP contribution in [0.1, 0.15) is 13.8 Å². The topological polar surface area (TPSA) is 3.24 Å². The average Bonchev–Trinajstić information content (AvgIpc) is 1.82. The summed E-state index contributed by atoms with van der Waals surface area (Å²) in [4.78, 5) is 2.13. The van der Waals surface area contributed by atoms with E-state index in [2.05, 4.69) is 25.3 Å². The number of hydrogen-bond acceptors (Lipinski definition) is 1. The summed E-state index contributed by atoms with van der Waals surface area (Å²) >= 11 is 0. The fourth-order valence-corrected chi connectivity index (χ4v) is 0.369. The van der Waals surface area contributed by atoms with Gasteiger partial charge in [-0.1, -0.05) is 12.7 Å². The van der Waals surface area contributed by atoms with Crippen LogP contribution in [0, 0.1) is 0 Å². The molecular weight excluding hydrogens is 110 g/mol. The summed E-state index contributed by atoms with van der Waals surface area (Å²) in [7, 11) is 2.05. The molecule has 0 aliphatic rings. The summed E-state index contributed by atoms with van der Waals surface area (Å²) in [6.07, 6.45) is 5.72. The van der Waals surface area contributed by atoms with Crippen LogP contribution in [0.15, 0.2) is 24.9 Å². The lowest BCUT2D eigenvalue weighted by Crippen LogP contribution is -2.19. The predicted molar refractivity (Wildman–Crippen MR) is 42.2 cm³/mol. The van der Waals surface area contributed by atoms with Crippen molar-refractivity contribution in [1.29, 1.82) is 0 Å². The molecule has 0 aromatic rings. The molecule has 0 aliphatic carbocycles. The highest BCUT2D eigenvalue weighted by Gasteiger charge is 1.92. The third kappa shape index (κ3) is 3.83. The summed E-state index contributed by atoms with van der Waals surface area (Å²) in [5.41, 5.74) is 0. The van der Waals surface area contributed by atoms with E-state index in [1.54, 1.807) is 6.08 Å². The van der Waals surface area contributed by atoms with Gasteiger partial charge in [0.25, 0.3) is 0 Å². The summed E-state index contributed by atoms with van der Waals surface area (Å²) in [6, 6.07) is 0.571. The lowest BCUT2D eigenvalue weighted by Gasteiger charge is -2.17. The molecule has 1 nitrogen and oxygen atoms in total. The molecule has 0 saturated heterocycles. The standard InChI is InChI=1S/C8H15N/c1-5-6-7-9(4)8(2)3/h5-8H,1H2,2-4H3/b7-6-. The van der Waals surface area contributed by atoms with Crippen LogP contribution in [0.25, 0.3) is 0 Å². The first kappa shape index (κ1) is 8.28. The smallest absolute Gasteiger partial charge is 0.0224 e. The molecule has 0 fully saturated rings. The van der Waals surface area contributed by atoms with Crippen molar-refractivity contribution in [2.75, 3.05) is 7.05 Å². The van der Waals surface area contributed by atoms with Gasteiger partial charge in [-0.25, -0.2) is 0 Å². The highest BCUT2D eigenvalue weighted by molar-refractivity contribution is 4.96. The van der Waals surface area contributed by atoms with Gasteiger partial charge < -0.3 is 4.90 Å². The Morgan fingerprint density at radius 3 is 2.33 bits per heavy atom. The Kier molecular flexibility index (Phi) is 3.85. The lowest BCUT2D eigenvalue weighted by atomic mass is 10.3. The molecule has 0 aromatic heterocycles. The number of hydrogen-bond donors (Lipinski definition) is 0. The minimum absolute atomic E-state index is 0.571. The summed E-state index contributed by atoms with van der Waals surface area (Å²) in [5, 5.41) is 0. The van der Waals surface area contributed by atoms with Crippen LogP contribution in [0.3, 0.4) is 0 Å². The molecule has 0 N–H and O–H groups in total. The van der Waals surface area contributed by atoms with Crippen molar-refractivity contribution in [3.05, 3.63) is 24.9 Å². The Hall–Kier alpha value is -0.720. The first-order valence-corrected chi connectivity index (χ1v) is 3.19. The van der Waals surface area contributed by atoms with Gasteiger partial charge in [0, 0.05) is 13.1 Å². The molecule has 0 spiro atoms. The van der Waals surface area contributed by atoms with Gasteiger partial charge in [-0.2, -0.15) is 0 Å². The second-order valence-corrected chi connectivity index (χ2v) is 2.34. The second-order valence-electron chi connectivity index (χ2n) is 2.34. The lowest BCUT2D eigenvalue weighted by molar-refractivity contribution is 0.376. The van der Waals surface area contributed by atoms with E-state index >= 15 is 0 Å². The molecule has 0 aliphatic heterocycles. The molecule has 9 heavy (non-hydrogen) atoms. The van der Waals surface area contributed by atoms with Gasteiger partial charge >= 0.3 is 0 Å². The summed E-state index contributed by atoms with van der Waals surface area (Å²) in [6.45, 7) is 7.87. The van der Waals surface area contributed by atoms with Crippen molar-refractivity contribution in [1.82, 2.24) is 4.90 Å². The molecule has 0 atom stereocenters. The first-order chi connectivity index (χ1) is 4.18.